The van der Waals surface area contributed by atoms with Crippen LogP contribution in [0.4, 0.5) is 4.39 Å². The van der Waals surface area contributed by atoms with Crippen LogP contribution >= 0.6 is 11.3 Å². The topological polar surface area (TPSA) is 26.5 Å². The molecule has 0 spiro atoms. The van der Waals surface area contributed by atoms with Gasteiger partial charge in [0, 0.05) is 28.9 Å². The first-order chi connectivity index (χ1) is 15.2. The van der Waals surface area contributed by atoms with Crippen LogP contribution < -0.4 is 4.74 Å². The Morgan fingerprint density at radius 3 is 2.32 bits per heavy atom. The smallest absolute Gasteiger partial charge is 0.194 e. The summed E-state index contributed by atoms with van der Waals surface area (Å²) in [5.74, 6) is 0.323. The van der Waals surface area contributed by atoms with E-state index in [0.717, 1.165) is 17.8 Å². The van der Waals surface area contributed by atoms with Gasteiger partial charge in [-0.2, -0.15) is 0 Å². The van der Waals surface area contributed by atoms with Crippen molar-refractivity contribution < 1.29 is 9.13 Å². The van der Waals surface area contributed by atoms with Gasteiger partial charge in [0.05, 0.1) is 12.3 Å². The van der Waals surface area contributed by atoms with Gasteiger partial charge in [-0.25, -0.2) is 9.37 Å². The summed E-state index contributed by atoms with van der Waals surface area (Å²) in [6.07, 6.45) is 18.9. The number of aromatic nitrogens is 2. The fourth-order valence-corrected chi connectivity index (χ4v) is 4.86. The lowest BCUT2D eigenvalue weighted by atomic mass is 10.1. The molecule has 0 N–H and O–H groups in total. The predicted octanol–water partition coefficient (Wildman–Crippen LogP) is 8.45. The molecule has 0 amide bonds. The molecule has 0 fully saturated rings. The standard InChI is InChI=1S/C26H37FN2OS/c1-3-5-7-9-11-13-17-30-21-15-16-23(24(27)18-21)25-20-29-19-22(31-26(29)28-25)14-12-10-8-6-4-2/h15-16,18-20H,3-14,17H2,1-2H3. The maximum atomic E-state index is 14.7. The van der Waals surface area contributed by atoms with Gasteiger partial charge in [0.1, 0.15) is 11.6 Å². The van der Waals surface area contributed by atoms with Crippen LogP contribution in [0.15, 0.2) is 30.6 Å². The molecule has 0 aliphatic heterocycles. The summed E-state index contributed by atoms with van der Waals surface area (Å²) in [6.45, 7) is 5.11. The Morgan fingerprint density at radius 1 is 0.903 bits per heavy atom. The van der Waals surface area contributed by atoms with Crippen LogP contribution in [0.25, 0.3) is 16.2 Å². The van der Waals surface area contributed by atoms with Crippen LogP contribution in [-0.4, -0.2) is 16.0 Å². The normalized spacial score (nSPS) is 11.5. The van der Waals surface area contributed by atoms with Crippen molar-refractivity contribution in [3.63, 3.8) is 0 Å². The minimum atomic E-state index is -0.276. The number of hydrogen-bond donors (Lipinski definition) is 0. The summed E-state index contributed by atoms with van der Waals surface area (Å²) >= 11 is 1.71. The molecule has 2 heterocycles. The molecule has 2 aromatic heterocycles. The Bertz CT molecular complexity index is 886. The summed E-state index contributed by atoms with van der Waals surface area (Å²) in [5, 5.41) is 0. The Kier molecular flexibility index (Phi) is 9.85. The predicted molar refractivity (Wildman–Crippen MR) is 130 cm³/mol. The molecular formula is C26H37FN2OS. The minimum absolute atomic E-state index is 0.276. The number of nitrogens with zero attached hydrogens (tertiary/aromatic N) is 2. The number of thiazole rings is 1. The van der Waals surface area contributed by atoms with E-state index in [2.05, 4.69) is 25.0 Å². The lowest BCUT2D eigenvalue weighted by Crippen LogP contribution is -1.98. The second-order valence-corrected chi connectivity index (χ2v) is 9.53. The van der Waals surface area contributed by atoms with Crippen molar-refractivity contribution in [2.75, 3.05) is 6.61 Å². The summed E-state index contributed by atoms with van der Waals surface area (Å²) < 4.78 is 22.5. The molecule has 5 heteroatoms. The highest BCUT2D eigenvalue weighted by Gasteiger charge is 2.13. The second-order valence-electron chi connectivity index (χ2n) is 8.44. The van der Waals surface area contributed by atoms with Gasteiger partial charge in [-0.3, -0.25) is 4.40 Å². The van der Waals surface area contributed by atoms with Crippen molar-refractivity contribution in [2.45, 2.75) is 90.9 Å². The molecule has 3 rings (SSSR count). The number of aryl methyl sites for hydroxylation is 1. The zero-order valence-corrected chi connectivity index (χ0v) is 20.0. The van der Waals surface area contributed by atoms with E-state index >= 15 is 0 Å². The molecule has 3 nitrogen and oxygen atoms in total. The average molecular weight is 445 g/mol. The number of fused-ring (bicyclic) bond motifs is 1. The van der Waals surface area contributed by atoms with E-state index < -0.39 is 0 Å². The van der Waals surface area contributed by atoms with E-state index in [0.29, 0.717) is 23.6 Å². The van der Waals surface area contributed by atoms with Crippen LogP contribution in [0.1, 0.15) is 89.4 Å². The van der Waals surface area contributed by atoms with Crippen LogP contribution in [0.3, 0.4) is 0 Å². The molecule has 0 radical (unpaired) electrons. The Morgan fingerprint density at radius 2 is 1.61 bits per heavy atom. The quantitative estimate of drug-likeness (QED) is 0.220. The van der Waals surface area contributed by atoms with Crippen molar-refractivity contribution >= 4 is 16.3 Å². The highest BCUT2D eigenvalue weighted by atomic mass is 32.1. The molecule has 0 aliphatic carbocycles. The number of benzene rings is 1. The van der Waals surface area contributed by atoms with Crippen molar-refractivity contribution in [3.8, 4) is 17.0 Å². The number of rotatable bonds is 15. The molecule has 1 aromatic carbocycles. The van der Waals surface area contributed by atoms with Crippen LogP contribution in [0.5, 0.6) is 5.75 Å². The highest BCUT2D eigenvalue weighted by Crippen LogP contribution is 2.29. The molecule has 0 aliphatic rings. The number of halogens is 1. The summed E-state index contributed by atoms with van der Waals surface area (Å²) in [4.78, 5) is 6.95. The maximum absolute atomic E-state index is 14.7. The van der Waals surface area contributed by atoms with E-state index in [-0.39, 0.29) is 5.82 Å². The number of imidazole rings is 1. The molecule has 3 aromatic rings. The van der Waals surface area contributed by atoms with E-state index in [9.17, 15) is 4.39 Å². The molecular weight excluding hydrogens is 407 g/mol. The third-order valence-corrected chi connectivity index (χ3v) is 6.77. The third-order valence-electron chi connectivity index (χ3n) is 5.71. The lowest BCUT2D eigenvalue weighted by Gasteiger charge is -2.08. The van der Waals surface area contributed by atoms with Gasteiger partial charge in [0.15, 0.2) is 4.96 Å². The van der Waals surface area contributed by atoms with Crippen molar-refractivity contribution in [2.24, 2.45) is 0 Å². The molecule has 0 saturated heterocycles. The summed E-state index contributed by atoms with van der Waals surface area (Å²) in [7, 11) is 0. The molecule has 0 bridgehead atoms. The van der Waals surface area contributed by atoms with Crippen molar-refractivity contribution in [3.05, 3.63) is 41.3 Å². The van der Waals surface area contributed by atoms with Gasteiger partial charge >= 0.3 is 0 Å². The fourth-order valence-electron chi connectivity index (χ4n) is 3.86. The number of ether oxygens (including phenoxy) is 1. The van der Waals surface area contributed by atoms with E-state index in [1.807, 2.05) is 16.7 Å². The second kappa shape index (κ2) is 12.8. The molecule has 0 atom stereocenters. The van der Waals surface area contributed by atoms with Gasteiger partial charge in [0.25, 0.3) is 0 Å². The minimum Gasteiger partial charge on any atom is -0.493 e. The van der Waals surface area contributed by atoms with Crippen LogP contribution in [-0.2, 0) is 6.42 Å². The fraction of sp³-hybridized carbons (Fsp3) is 0.577. The van der Waals surface area contributed by atoms with Gasteiger partial charge in [-0.05, 0) is 31.4 Å². The summed E-state index contributed by atoms with van der Waals surface area (Å²) in [5.41, 5.74) is 1.21. The number of hydrogen-bond acceptors (Lipinski definition) is 3. The van der Waals surface area contributed by atoms with Gasteiger partial charge in [0.2, 0.25) is 0 Å². The zero-order chi connectivity index (χ0) is 21.9. The van der Waals surface area contributed by atoms with E-state index in [1.54, 1.807) is 17.4 Å². The Hall–Kier alpha value is -1.88. The molecule has 170 valence electrons. The zero-order valence-electron chi connectivity index (χ0n) is 19.2. The van der Waals surface area contributed by atoms with Gasteiger partial charge in [-0.15, -0.1) is 11.3 Å². The lowest BCUT2D eigenvalue weighted by molar-refractivity contribution is 0.303. The van der Waals surface area contributed by atoms with Gasteiger partial charge < -0.3 is 4.74 Å². The van der Waals surface area contributed by atoms with Gasteiger partial charge in [-0.1, -0.05) is 71.6 Å². The van der Waals surface area contributed by atoms with Crippen molar-refractivity contribution in [1.29, 1.82) is 0 Å². The highest BCUT2D eigenvalue weighted by molar-refractivity contribution is 7.17. The molecule has 31 heavy (non-hydrogen) atoms. The van der Waals surface area contributed by atoms with Crippen LogP contribution in [0.2, 0.25) is 0 Å². The first kappa shape index (κ1) is 23.8. The first-order valence-corrected chi connectivity index (χ1v) is 12.9. The Balaban J connectivity index is 1.50. The Labute approximate surface area is 190 Å². The first-order valence-electron chi connectivity index (χ1n) is 12.1. The molecule has 0 saturated carbocycles. The van der Waals surface area contributed by atoms with Crippen molar-refractivity contribution in [1.82, 2.24) is 9.38 Å². The van der Waals surface area contributed by atoms with Crippen LogP contribution in [0, 0.1) is 5.82 Å². The molecule has 0 unspecified atom stereocenters. The number of unbranched alkanes of at least 4 members (excludes halogenated alkanes) is 9. The SMILES string of the molecule is CCCCCCCCOc1ccc(-c2cn3cc(CCCCCCC)sc3n2)c(F)c1. The monoisotopic (exact) mass is 444 g/mol. The average Bonchev–Trinajstić information content (AvgIpc) is 3.32. The largest absolute Gasteiger partial charge is 0.493 e. The third kappa shape index (κ3) is 7.34. The maximum Gasteiger partial charge on any atom is 0.194 e. The van der Waals surface area contributed by atoms with E-state index in [1.165, 1.54) is 75.2 Å². The summed E-state index contributed by atoms with van der Waals surface area (Å²) in [6, 6.07) is 5.12. The van der Waals surface area contributed by atoms with E-state index in [4.69, 9.17) is 4.74 Å².